The largest absolute Gasteiger partial charge is 0.397 e. The molecule has 1 aromatic rings. The minimum absolute atomic E-state index is 0.342. The number of primary amides is 1. The molecule has 5 heteroatoms. The standard InChI is InChI=1S/C12H17N3O2/c13-10-2-1-8(12(14)16)7-11(10)15-9-3-5-17-6-4-9/h1-2,7,9,15H,3-6,13H2,(H2,14,16). The molecule has 1 aromatic carbocycles. The Balaban J connectivity index is 2.13. The number of benzene rings is 1. The molecule has 1 aliphatic rings. The van der Waals surface area contributed by atoms with Crippen LogP contribution < -0.4 is 16.8 Å². The number of nitrogen functional groups attached to an aromatic ring is 1. The molecule has 0 bridgehead atoms. The number of carbonyl (C=O) groups is 1. The molecule has 1 fully saturated rings. The van der Waals surface area contributed by atoms with Crippen LogP contribution in [0.4, 0.5) is 11.4 Å². The van der Waals surface area contributed by atoms with Crippen LogP contribution in [-0.4, -0.2) is 25.2 Å². The molecule has 2 rings (SSSR count). The van der Waals surface area contributed by atoms with Gasteiger partial charge >= 0.3 is 0 Å². The molecule has 1 heterocycles. The first kappa shape index (κ1) is 11.7. The minimum atomic E-state index is -0.444. The maximum absolute atomic E-state index is 11.1. The Morgan fingerprint density at radius 3 is 2.71 bits per heavy atom. The molecular weight excluding hydrogens is 218 g/mol. The number of rotatable bonds is 3. The minimum Gasteiger partial charge on any atom is -0.397 e. The van der Waals surface area contributed by atoms with Crippen molar-refractivity contribution in [2.24, 2.45) is 5.73 Å². The normalized spacial score (nSPS) is 16.7. The van der Waals surface area contributed by atoms with Crippen molar-refractivity contribution in [2.75, 3.05) is 24.3 Å². The molecule has 1 amide bonds. The summed E-state index contributed by atoms with van der Waals surface area (Å²) < 4.78 is 5.28. The van der Waals surface area contributed by atoms with E-state index in [-0.39, 0.29) is 0 Å². The molecule has 0 aliphatic carbocycles. The topological polar surface area (TPSA) is 90.4 Å². The number of nitrogens with one attached hydrogen (secondary N) is 1. The summed E-state index contributed by atoms with van der Waals surface area (Å²) in [5.41, 5.74) is 13.0. The highest BCUT2D eigenvalue weighted by Crippen LogP contribution is 2.23. The predicted octanol–water partition coefficient (Wildman–Crippen LogP) is 0.959. The molecule has 0 unspecified atom stereocenters. The quantitative estimate of drug-likeness (QED) is 0.680. The lowest BCUT2D eigenvalue weighted by atomic mass is 10.1. The van der Waals surface area contributed by atoms with E-state index in [1.54, 1.807) is 18.2 Å². The average Bonchev–Trinajstić information content (AvgIpc) is 2.33. The van der Waals surface area contributed by atoms with Crippen LogP contribution in [0.1, 0.15) is 23.2 Å². The van der Waals surface area contributed by atoms with Crippen molar-refractivity contribution in [1.29, 1.82) is 0 Å². The molecule has 5 N–H and O–H groups in total. The van der Waals surface area contributed by atoms with E-state index in [2.05, 4.69) is 5.32 Å². The Morgan fingerprint density at radius 2 is 2.06 bits per heavy atom. The highest BCUT2D eigenvalue weighted by atomic mass is 16.5. The number of anilines is 2. The molecule has 0 spiro atoms. The van der Waals surface area contributed by atoms with Gasteiger partial charge in [0.2, 0.25) is 5.91 Å². The lowest BCUT2D eigenvalue weighted by molar-refractivity contribution is 0.0904. The molecule has 0 aromatic heterocycles. The van der Waals surface area contributed by atoms with Crippen LogP contribution in [0.15, 0.2) is 18.2 Å². The number of carbonyl (C=O) groups excluding carboxylic acids is 1. The third-order valence-corrected chi connectivity index (χ3v) is 2.92. The van der Waals surface area contributed by atoms with Gasteiger partial charge in [-0.2, -0.15) is 0 Å². The molecular formula is C12H17N3O2. The maximum atomic E-state index is 11.1. The lowest BCUT2D eigenvalue weighted by Crippen LogP contribution is -2.28. The van der Waals surface area contributed by atoms with Crippen molar-refractivity contribution in [3.63, 3.8) is 0 Å². The molecule has 1 aliphatic heterocycles. The average molecular weight is 235 g/mol. The summed E-state index contributed by atoms with van der Waals surface area (Å²) in [6.45, 7) is 1.51. The van der Waals surface area contributed by atoms with Crippen molar-refractivity contribution < 1.29 is 9.53 Å². The van der Waals surface area contributed by atoms with E-state index < -0.39 is 5.91 Å². The summed E-state index contributed by atoms with van der Waals surface area (Å²) in [5.74, 6) is -0.444. The molecule has 0 radical (unpaired) electrons. The van der Waals surface area contributed by atoms with Gasteiger partial charge in [-0.05, 0) is 31.0 Å². The molecule has 5 nitrogen and oxygen atoms in total. The summed E-state index contributed by atoms with van der Waals surface area (Å²) >= 11 is 0. The Hall–Kier alpha value is -1.75. The molecule has 17 heavy (non-hydrogen) atoms. The van der Waals surface area contributed by atoms with Crippen molar-refractivity contribution in [2.45, 2.75) is 18.9 Å². The van der Waals surface area contributed by atoms with Crippen molar-refractivity contribution in [3.8, 4) is 0 Å². The first-order chi connectivity index (χ1) is 8.16. The van der Waals surface area contributed by atoms with E-state index in [4.69, 9.17) is 16.2 Å². The number of amides is 1. The van der Waals surface area contributed by atoms with E-state index in [9.17, 15) is 4.79 Å². The maximum Gasteiger partial charge on any atom is 0.248 e. The summed E-state index contributed by atoms with van der Waals surface area (Å²) in [5, 5.41) is 3.33. The zero-order valence-electron chi connectivity index (χ0n) is 9.61. The Morgan fingerprint density at radius 1 is 1.35 bits per heavy atom. The van der Waals surface area contributed by atoms with Crippen LogP contribution in [-0.2, 0) is 4.74 Å². The third kappa shape index (κ3) is 2.88. The van der Waals surface area contributed by atoms with Crippen LogP contribution in [0.25, 0.3) is 0 Å². The summed E-state index contributed by atoms with van der Waals surface area (Å²) in [4.78, 5) is 11.1. The first-order valence-electron chi connectivity index (χ1n) is 5.70. The second-order valence-corrected chi connectivity index (χ2v) is 4.20. The van der Waals surface area contributed by atoms with Crippen LogP contribution in [0.5, 0.6) is 0 Å². The van der Waals surface area contributed by atoms with Crippen molar-refractivity contribution in [1.82, 2.24) is 0 Å². The number of ether oxygens (including phenoxy) is 1. The lowest BCUT2D eigenvalue weighted by Gasteiger charge is -2.25. The molecule has 0 saturated carbocycles. The molecule has 92 valence electrons. The van der Waals surface area contributed by atoms with Gasteiger partial charge < -0.3 is 21.5 Å². The van der Waals surface area contributed by atoms with E-state index in [1.807, 2.05) is 0 Å². The van der Waals surface area contributed by atoms with Gasteiger partial charge in [0.1, 0.15) is 0 Å². The van der Waals surface area contributed by atoms with E-state index in [0.717, 1.165) is 31.7 Å². The fraction of sp³-hybridized carbons (Fsp3) is 0.417. The van der Waals surface area contributed by atoms with Gasteiger partial charge in [-0.15, -0.1) is 0 Å². The molecule has 0 atom stereocenters. The van der Waals surface area contributed by atoms with Crippen LogP contribution >= 0.6 is 0 Å². The van der Waals surface area contributed by atoms with Crippen LogP contribution in [0.2, 0.25) is 0 Å². The van der Waals surface area contributed by atoms with Crippen molar-refractivity contribution >= 4 is 17.3 Å². The Bertz CT molecular complexity index is 414. The molecule has 1 saturated heterocycles. The number of nitrogens with two attached hydrogens (primary N) is 2. The fourth-order valence-electron chi connectivity index (χ4n) is 1.90. The zero-order valence-corrected chi connectivity index (χ0v) is 9.61. The monoisotopic (exact) mass is 235 g/mol. The highest BCUT2D eigenvalue weighted by Gasteiger charge is 2.15. The summed E-state index contributed by atoms with van der Waals surface area (Å²) in [6, 6.07) is 5.37. The highest BCUT2D eigenvalue weighted by molar-refractivity contribution is 5.94. The number of hydrogen-bond acceptors (Lipinski definition) is 4. The Labute approximate surface area is 100 Å². The van der Waals surface area contributed by atoms with E-state index in [0.29, 0.717) is 17.3 Å². The van der Waals surface area contributed by atoms with Gasteiger partial charge in [-0.3, -0.25) is 4.79 Å². The van der Waals surface area contributed by atoms with Gasteiger partial charge in [0.25, 0.3) is 0 Å². The SMILES string of the molecule is NC(=O)c1ccc(N)c(NC2CCOCC2)c1. The van der Waals surface area contributed by atoms with Gasteiger partial charge in [-0.25, -0.2) is 0 Å². The van der Waals surface area contributed by atoms with E-state index in [1.165, 1.54) is 0 Å². The first-order valence-corrected chi connectivity index (χ1v) is 5.70. The van der Waals surface area contributed by atoms with Gasteiger partial charge in [0, 0.05) is 24.8 Å². The summed E-state index contributed by atoms with van der Waals surface area (Å²) in [7, 11) is 0. The number of hydrogen-bond donors (Lipinski definition) is 3. The van der Waals surface area contributed by atoms with Crippen LogP contribution in [0, 0.1) is 0 Å². The van der Waals surface area contributed by atoms with Crippen LogP contribution in [0.3, 0.4) is 0 Å². The van der Waals surface area contributed by atoms with Gasteiger partial charge in [0.05, 0.1) is 11.4 Å². The van der Waals surface area contributed by atoms with E-state index >= 15 is 0 Å². The zero-order chi connectivity index (χ0) is 12.3. The Kier molecular flexibility index (Phi) is 3.49. The smallest absolute Gasteiger partial charge is 0.248 e. The second-order valence-electron chi connectivity index (χ2n) is 4.20. The predicted molar refractivity (Wildman–Crippen MR) is 66.8 cm³/mol. The summed E-state index contributed by atoms with van der Waals surface area (Å²) in [6.07, 6.45) is 1.89. The fourth-order valence-corrected chi connectivity index (χ4v) is 1.90. The second kappa shape index (κ2) is 5.05. The van der Waals surface area contributed by atoms with Crippen molar-refractivity contribution in [3.05, 3.63) is 23.8 Å². The van der Waals surface area contributed by atoms with Gasteiger partial charge in [-0.1, -0.05) is 0 Å². The third-order valence-electron chi connectivity index (χ3n) is 2.92. The van der Waals surface area contributed by atoms with Gasteiger partial charge in [0.15, 0.2) is 0 Å².